The van der Waals surface area contributed by atoms with Crippen molar-refractivity contribution in [3.63, 3.8) is 0 Å². The van der Waals surface area contributed by atoms with E-state index in [1.807, 2.05) is 0 Å². The van der Waals surface area contributed by atoms with Crippen molar-refractivity contribution in [3.8, 4) is 0 Å². The zero-order chi connectivity index (χ0) is 19.8. The Kier molecular flexibility index (Phi) is 5.23. The Morgan fingerprint density at radius 3 is 1.18 bits per heavy atom. The summed E-state index contributed by atoms with van der Waals surface area (Å²) < 4.78 is 0. The molecule has 2 nitrogen and oxygen atoms in total. The van der Waals surface area contributed by atoms with E-state index in [1.54, 1.807) is 0 Å². The molecule has 2 aromatic rings. The zero-order valence-corrected chi connectivity index (χ0v) is 17.9. The molecule has 0 saturated carbocycles. The average molecular weight is 375 g/mol. The van der Waals surface area contributed by atoms with Gasteiger partial charge in [0, 0.05) is 35.5 Å². The second kappa shape index (κ2) is 7.66. The van der Waals surface area contributed by atoms with Gasteiger partial charge in [0.05, 0.1) is 0 Å². The van der Waals surface area contributed by atoms with E-state index in [1.165, 1.54) is 48.2 Å². The highest BCUT2D eigenvalue weighted by molar-refractivity contribution is 5.79. The molecule has 0 radical (unpaired) electrons. The summed E-state index contributed by atoms with van der Waals surface area (Å²) in [6.45, 7) is 13.7. The topological polar surface area (TPSA) is 6.48 Å². The van der Waals surface area contributed by atoms with Crippen LogP contribution in [0.5, 0.6) is 0 Å². The van der Waals surface area contributed by atoms with Gasteiger partial charge in [-0.05, 0) is 94.3 Å². The number of hydrogen-bond donors (Lipinski definition) is 0. The molecule has 4 atom stereocenters. The summed E-state index contributed by atoms with van der Waals surface area (Å²) >= 11 is 0. The van der Waals surface area contributed by atoms with Crippen LogP contribution in [0.25, 0.3) is 5.57 Å². The van der Waals surface area contributed by atoms with E-state index in [0.29, 0.717) is 24.2 Å². The van der Waals surface area contributed by atoms with Crippen LogP contribution in [0.4, 0.5) is 11.4 Å². The average Bonchev–Trinajstić information content (AvgIpc) is 3.22. The highest BCUT2D eigenvalue weighted by Crippen LogP contribution is 2.33. The van der Waals surface area contributed by atoms with E-state index in [9.17, 15) is 0 Å². The summed E-state index contributed by atoms with van der Waals surface area (Å²) in [6, 6.07) is 20.5. The van der Waals surface area contributed by atoms with Crippen LogP contribution in [0, 0.1) is 0 Å². The summed E-state index contributed by atoms with van der Waals surface area (Å²) in [6.07, 6.45) is 5.15. The number of rotatable bonds is 4. The van der Waals surface area contributed by atoms with E-state index in [4.69, 9.17) is 0 Å². The Morgan fingerprint density at radius 1 is 0.607 bits per heavy atom. The molecule has 148 valence electrons. The maximum absolute atomic E-state index is 4.38. The Hall–Kier alpha value is -2.22. The molecule has 4 rings (SSSR count). The number of hydrogen-bond acceptors (Lipinski definition) is 2. The molecule has 2 aromatic carbocycles. The highest BCUT2D eigenvalue weighted by atomic mass is 15.2. The van der Waals surface area contributed by atoms with Gasteiger partial charge in [-0.1, -0.05) is 30.8 Å². The first-order valence-electron chi connectivity index (χ1n) is 10.9. The molecule has 2 heteroatoms. The predicted molar refractivity (Wildman–Crippen MR) is 122 cm³/mol. The molecule has 2 fully saturated rings. The fourth-order valence-corrected chi connectivity index (χ4v) is 5.24. The van der Waals surface area contributed by atoms with Crippen molar-refractivity contribution in [2.24, 2.45) is 0 Å². The largest absolute Gasteiger partial charge is 0.366 e. The normalized spacial score (nSPS) is 27.4. The van der Waals surface area contributed by atoms with Gasteiger partial charge in [0.1, 0.15) is 0 Å². The third-order valence-electron chi connectivity index (χ3n) is 6.93. The van der Waals surface area contributed by atoms with Crippen LogP contribution in [0.15, 0.2) is 55.1 Å². The van der Waals surface area contributed by atoms with E-state index in [-0.39, 0.29) is 0 Å². The molecule has 0 aromatic heterocycles. The summed E-state index contributed by atoms with van der Waals surface area (Å²) in [5.41, 5.74) is 6.18. The highest BCUT2D eigenvalue weighted by Gasteiger charge is 2.28. The van der Waals surface area contributed by atoms with Gasteiger partial charge in [-0.3, -0.25) is 0 Å². The monoisotopic (exact) mass is 374 g/mol. The van der Waals surface area contributed by atoms with Crippen molar-refractivity contribution in [2.75, 3.05) is 9.80 Å². The summed E-state index contributed by atoms with van der Waals surface area (Å²) in [4.78, 5) is 5.11. The minimum atomic E-state index is 0.631. The maximum Gasteiger partial charge on any atom is 0.0371 e. The van der Waals surface area contributed by atoms with Gasteiger partial charge in [-0.2, -0.15) is 0 Å². The number of nitrogens with zero attached hydrogens (tertiary/aromatic N) is 2. The standard InChI is InChI=1S/C26H34N2/c1-18-6-7-19(2)27(18)25-14-10-23(11-15-25)22(5)24-12-16-26(17-13-24)28-20(3)8-9-21(28)4/h10-21H,5-9H2,1-4H3. The summed E-state index contributed by atoms with van der Waals surface area (Å²) in [5, 5.41) is 0. The number of benzene rings is 2. The number of anilines is 2. The molecule has 0 N–H and O–H groups in total. The van der Waals surface area contributed by atoms with Crippen LogP contribution in [0.2, 0.25) is 0 Å². The van der Waals surface area contributed by atoms with Crippen LogP contribution in [0.1, 0.15) is 64.5 Å². The SMILES string of the molecule is C=C(c1ccc(N2C(C)CCC2C)cc1)c1ccc(N2C(C)CCC2C)cc1. The van der Waals surface area contributed by atoms with Gasteiger partial charge in [0.15, 0.2) is 0 Å². The molecule has 0 aliphatic carbocycles. The summed E-state index contributed by atoms with van der Waals surface area (Å²) in [7, 11) is 0. The van der Waals surface area contributed by atoms with Crippen molar-refractivity contribution in [1.82, 2.24) is 0 Å². The smallest absolute Gasteiger partial charge is 0.0371 e. The molecule has 0 bridgehead atoms. The second-order valence-corrected chi connectivity index (χ2v) is 8.94. The van der Waals surface area contributed by atoms with Gasteiger partial charge in [0.2, 0.25) is 0 Å². The van der Waals surface area contributed by atoms with Crippen LogP contribution < -0.4 is 9.80 Å². The molecular weight excluding hydrogens is 340 g/mol. The first kappa shape index (κ1) is 19.1. The van der Waals surface area contributed by atoms with E-state index >= 15 is 0 Å². The molecular formula is C26H34N2. The summed E-state index contributed by atoms with van der Waals surface area (Å²) in [5.74, 6) is 0. The van der Waals surface area contributed by atoms with Gasteiger partial charge < -0.3 is 9.80 Å². The minimum absolute atomic E-state index is 0.631. The van der Waals surface area contributed by atoms with Crippen LogP contribution in [0.3, 0.4) is 0 Å². The van der Waals surface area contributed by atoms with Crippen molar-refractivity contribution < 1.29 is 0 Å². The van der Waals surface area contributed by atoms with Gasteiger partial charge in [-0.25, -0.2) is 0 Å². The third kappa shape index (κ3) is 3.45. The van der Waals surface area contributed by atoms with E-state index in [2.05, 4.69) is 92.6 Å². The third-order valence-corrected chi connectivity index (χ3v) is 6.93. The van der Waals surface area contributed by atoms with Crippen molar-refractivity contribution >= 4 is 16.9 Å². The van der Waals surface area contributed by atoms with Gasteiger partial charge >= 0.3 is 0 Å². The van der Waals surface area contributed by atoms with Crippen LogP contribution in [-0.4, -0.2) is 24.2 Å². The Labute approximate surface area is 170 Å². The van der Waals surface area contributed by atoms with Gasteiger partial charge in [0.25, 0.3) is 0 Å². The minimum Gasteiger partial charge on any atom is -0.366 e. The molecule has 0 spiro atoms. The molecule has 4 unspecified atom stereocenters. The molecule has 2 saturated heterocycles. The lowest BCUT2D eigenvalue weighted by atomic mass is 9.98. The van der Waals surface area contributed by atoms with E-state index < -0.39 is 0 Å². The Bertz CT molecular complexity index is 731. The molecule has 2 aliphatic heterocycles. The Balaban J connectivity index is 1.50. The molecule has 2 aliphatic rings. The first-order valence-corrected chi connectivity index (χ1v) is 10.9. The lowest BCUT2D eigenvalue weighted by Gasteiger charge is -2.29. The Morgan fingerprint density at radius 2 is 0.893 bits per heavy atom. The predicted octanol–water partition coefficient (Wildman–Crippen LogP) is 6.50. The van der Waals surface area contributed by atoms with E-state index in [0.717, 1.165) is 5.57 Å². The zero-order valence-electron chi connectivity index (χ0n) is 17.9. The van der Waals surface area contributed by atoms with Crippen LogP contribution >= 0.6 is 0 Å². The fourth-order valence-electron chi connectivity index (χ4n) is 5.24. The first-order chi connectivity index (χ1) is 13.5. The van der Waals surface area contributed by atoms with Crippen LogP contribution in [-0.2, 0) is 0 Å². The van der Waals surface area contributed by atoms with Crippen molar-refractivity contribution in [3.05, 3.63) is 66.2 Å². The second-order valence-electron chi connectivity index (χ2n) is 8.94. The lowest BCUT2D eigenvalue weighted by molar-refractivity contribution is 0.694. The quantitative estimate of drug-likeness (QED) is 0.602. The maximum atomic E-state index is 4.38. The molecule has 0 amide bonds. The van der Waals surface area contributed by atoms with Crippen molar-refractivity contribution in [2.45, 2.75) is 77.5 Å². The fraction of sp³-hybridized carbons (Fsp3) is 0.462. The van der Waals surface area contributed by atoms with Gasteiger partial charge in [-0.15, -0.1) is 0 Å². The molecule has 28 heavy (non-hydrogen) atoms. The molecule has 2 heterocycles. The van der Waals surface area contributed by atoms with Crippen molar-refractivity contribution in [1.29, 1.82) is 0 Å². The lowest BCUT2D eigenvalue weighted by Crippen LogP contribution is -2.32.